The van der Waals surface area contributed by atoms with Crippen molar-refractivity contribution in [3.63, 3.8) is 0 Å². The largest absolute Gasteiger partial charge is 0.477 e. The van der Waals surface area contributed by atoms with Crippen LogP contribution in [0.5, 0.6) is 5.88 Å². The number of aliphatic carboxylic acids is 1. The van der Waals surface area contributed by atoms with E-state index in [-0.39, 0.29) is 46.2 Å². The number of thioether (sulfide) groups is 1. The minimum Gasteiger partial charge on any atom is -0.477 e. The first-order valence-electron chi connectivity index (χ1n) is 10.2. The molecule has 36 heavy (non-hydrogen) atoms. The molecule has 1 fully saturated rings. The third-order valence-corrected chi connectivity index (χ3v) is 6.91. The lowest BCUT2D eigenvalue weighted by molar-refractivity contribution is -0.150. The maximum Gasteiger partial charge on any atom is 0.352 e. The monoisotopic (exact) mass is 538 g/mol. The number of nitrogens with zero attached hydrogens (tertiary/aromatic N) is 4. The third-order valence-electron chi connectivity index (χ3n) is 4.93. The van der Waals surface area contributed by atoms with Crippen molar-refractivity contribution in [2.24, 2.45) is 5.16 Å². The fraction of sp³-hybridized carbons (Fsp3) is 0.300. The number of carboxylic acids is 1. The van der Waals surface area contributed by atoms with Crippen molar-refractivity contribution in [2.75, 3.05) is 31.9 Å². The highest BCUT2D eigenvalue weighted by Crippen LogP contribution is 2.40. The number of nitrogens with one attached hydrogen (secondary N) is 1. The number of alkyl halides is 1. The number of oxime groups is 1. The van der Waals surface area contributed by atoms with Gasteiger partial charge < -0.3 is 30.3 Å². The Morgan fingerprint density at radius 3 is 2.94 bits per heavy atom. The molecular weight excluding hydrogens is 519 g/mol. The number of anilines is 1. The molecule has 4 rings (SSSR count). The van der Waals surface area contributed by atoms with Crippen LogP contribution in [0.2, 0.25) is 0 Å². The van der Waals surface area contributed by atoms with E-state index in [0.717, 1.165) is 16.2 Å². The standard InChI is InChI=1S/C20H19FN6O7S2/c1-32-26-13(11-8-36-20(22)23-11)16(28)24-14-17(29)27-15(19(30)31)9(7-35-18(14)27)2-3-10-6-12(25-34-10)33-5-4-21/h2-3,6,8,14,18H,4-5,7H2,1H3,(H2,22,23)(H,24,28)(H,30,31)/b3-2+,26-13-. The Hall–Kier alpha value is -3.92. The quantitative estimate of drug-likeness (QED) is 0.222. The zero-order valence-electron chi connectivity index (χ0n) is 18.5. The van der Waals surface area contributed by atoms with Crippen LogP contribution in [0, 0.1) is 0 Å². The molecular formula is C20H19FN6O7S2. The van der Waals surface area contributed by atoms with Gasteiger partial charge in [0.2, 0.25) is 0 Å². The molecule has 2 aromatic rings. The smallest absolute Gasteiger partial charge is 0.352 e. The van der Waals surface area contributed by atoms with Gasteiger partial charge in [-0.15, -0.1) is 23.1 Å². The van der Waals surface area contributed by atoms with E-state index >= 15 is 0 Å². The number of hydrogen-bond acceptors (Lipinski definition) is 12. The second-order valence-electron chi connectivity index (χ2n) is 7.17. The molecule has 16 heteroatoms. The average Bonchev–Trinajstić information content (AvgIpc) is 3.50. The van der Waals surface area contributed by atoms with Gasteiger partial charge in [0, 0.05) is 17.2 Å². The summed E-state index contributed by atoms with van der Waals surface area (Å²) in [5.74, 6) is -2.04. The third kappa shape index (κ3) is 5.03. The molecule has 190 valence electrons. The summed E-state index contributed by atoms with van der Waals surface area (Å²) in [6.45, 7) is -0.857. The lowest BCUT2D eigenvalue weighted by Gasteiger charge is -2.49. The number of nitrogen functional groups attached to an aromatic ring is 1. The topological polar surface area (TPSA) is 182 Å². The normalized spacial score (nSPS) is 19.8. The van der Waals surface area contributed by atoms with E-state index in [9.17, 15) is 23.9 Å². The number of aromatic nitrogens is 2. The van der Waals surface area contributed by atoms with Crippen LogP contribution in [0.15, 0.2) is 38.5 Å². The molecule has 2 aliphatic heterocycles. The van der Waals surface area contributed by atoms with E-state index in [1.165, 1.54) is 42.5 Å². The minimum absolute atomic E-state index is 0.0889. The minimum atomic E-state index is -1.30. The highest BCUT2D eigenvalue weighted by molar-refractivity contribution is 8.00. The fourth-order valence-electron chi connectivity index (χ4n) is 3.42. The van der Waals surface area contributed by atoms with Crippen molar-refractivity contribution in [1.29, 1.82) is 0 Å². The zero-order chi connectivity index (χ0) is 25.8. The first-order chi connectivity index (χ1) is 17.3. The molecule has 4 N–H and O–H groups in total. The van der Waals surface area contributed by atoms with Crippen molar-refractivity contribution in [1.82, 2.24) is 20.4 Å². The molecule has 4 heterocycles. The maximum atomic E-state index is 12.9. The van der Waals surface area contributed by atoms with E-state index in [1.54, 1.807) is 0 Å². The average molecular weight is 539 g/mol. The van der Waals surface area contributed by atoms with Gasteiger partial charge in [-0.3, -0.25) is 14.5 Å². The number of hydrogen-bond donors (Lipinski definition) is 3. The molecule has 2 unspecified atom stereocenters. The summed E-state index contributed by atoms with van der Waals surface area (Å²) in [5.41, 5.74) is 5.77. The van der Waals surface area contributed by atoms with Crippen molar-refractivity contribution in [3.05, 3.63) is 40.2 Å². The number of amides is 2. The van der Waals surface area contributed by atoms with Gasteiger partial charge in [0.25, 0.3) is 17.7 Å². The Morgan fingerprint density at radius 2 is 2.28 bits per heavy atom. The molecule has 2 aliphatic rings. The van der Waals surface area contributed by atoms with Crippen molar-refractivity contribution < 1.29 is 38.0 Å². The number of carbonyl (C=O) groups excluding carboxylic acids is 2. The van der Waals surface area contributed by atoms with Crippen LogP contribution in [-0.4, -0.2) is 81.2 Å². The molecule has 2 amide bonds. The number of halogens is 1. The number of rotatable bonds is 10. The number of carboxylic acid groups (broad SMARTS) is 1. The number of nitrogens with two attached hydrogens (primary N) is 1. The summed E-state index contributed by atoms with van der Waals surface area (Å²) in [7, 11) is 1.26. The predicted octanol–water partition coefficient (Wildman–Crippen LogP) is 0.864. The van der Waals surface area contributed by atoms with E-state index in [2.05, 4.69) is 20.6 Å². The molecule has 0 spiro atoms. The molecule has 2 aromatic heterocycles. The molecule has 0 radical (unpaired) electrons. The van der Waals surface area contributed by atoms with Crippen LogP contribution in [0.1, 0.15) is 11.5 Å². The van der Waals surface area contributed by atoms with E-state index in [0.29, 0.717) is 5.57 Å². The summed E-state index contributed by atoms with van der Waals surface area (Å²) in [5, 5.41) is 20.8. The highest BCUT2D eigenvalue weighted by atomic mass is 32.2. The lowest BCUT2D eigenvalue weighted by Crippen LogP contribution is -2.71. The van der Waals surface area contributed by atoms with Crippen LogP contribution in [0.4, 0.5) is 9.52 Å². The van der Waals surface area contributed by atoms with Gasteiger partial charge in [0.1, 0.15) is 43.2 Å². The summed E-state index contributed by atoms with van der Waals surface area (Å²) in [6.07, 6.45) is 2.95. The van der Waals surface area contributed by atoms with Gasteiger partial charge in [0.15, 0.2) is 16.6 Å². The second kappa shape index (κ2) is 10.8. The molecule has 0 aliphatic carbocycles. The second-order valence-corrected chi connectivity index (χ2v) is 9.17. The van der Waals surface area contributed by atoms with Gasteiger partial charge in [0.05, 0.1) is 0 Å². The Labute approximate surface area is 210 Å². The molecule has 2 atom stereocenters. The highest BCUT2D eigenvalue weighted by Gasteiger charge is 2.54. The molecule has 0 saturated carbocycles. The van der Waals surface area contributed by atoms with Crippen LogP contribution < -0.4 is 15.8 Å². The zero-order valence-corrected chi connectivity index (χ0v) is 20.2. The van der Waals surface area contributed by atoms with E-state index in [4.69, 9.17) is 19.8 Å². The first-order valence-corrected chi connectivity index (χ1v) is 12.1. The van der Waals surface area contributed by atoms with Crippen LogP contribution in [0.25, 0.3) is 6.08 Å². The first kappa shape index (κ1) is 25.2. The molecule has 0 bridgehead atoms. The number of fused-ring (bicyclic) bond motifs is 1. The Bertz CT molecular complexity index is 1270. The number of allylic oxidation sites excluding steroid dienone is 1. The van der Waals surface area contributed by atoms with Crippen LogP contribution >= 0.6 is 23.1 Å². The van der Waals surface area contributed by atoms with Gasteiger partial charge in [-0.25, -0.2) is 14.2 Å². The number of β-lactam (4-membered cyclic amide) rings is 1. The van der Waals surface area contributed by atoms with Crippen molar-refractivity contribution >= 4 is 57.8 Å². The van der Waals surface area contributed by atoms with E-state index in [1.807, 2.05) is 0 Å². The van der Waals surface area contributed by atoms with Crippen LogP contribution in [0.3, 0.4) is 0 Å². The summed E-state index contributed by atoms with van der Waals surface area (Å²) in [6, 6.07) is 0.436. The summed E-state index contributed by atoms with van der Waals surface area (Å²) >= 11 is 2.38. The van der Waals surface area contributed by atoms with Gasteiger partial charge in [-0.2, -0.15) is 0 Å². The Balaban J connectivity index is 1.49. The van der Waals surface area contributed by atoms with Crippen molar-refractivity contribution in [2.45, 2.75) is 11.4 Å². The molecule has 1 saturated heterocycles. The number of carbonyl (C=O) groups is 3. The summed E-state index contributed by atoms with van der Waals surface area (Å²) < 4.78 is 22.3. The van der Waals surface area contributed by atoms with E-state index < -0.39 is 35.9 Å². The maximum absolute atomic E-state index is 12.9. The van der Waals surface area contributed by atoms with Crippen LogP contribution in [-0.2, 0) is 19.2 Å². The fourth-order valence-corrected chi connectivity index (χ4v) is 5.28. The predicted molar refractivity (Wildman–Crippen MR) is 127 cm³/mol. The number of ether oxygens (including phenoxy) is 1. The van der Waals surface area contributed by atoms with Crippen molar-refractivity contribution in [3.8, 4) is 5.88 Å². The van der Waals surface area contributed by atoms with Gasteiger partial charge >= 0.3 is 5.97 Å². The van der Waals surface area contributed by atoms with Gasteiger partial charge in [-0.05, 0) is 16.8 Å². The molecule has 13 nitrogen and oxygen atoms in total. The lowest BCUT2D eigenvalue weighted by atomic mass is 10.0. The SMILES string of the molecule is CO/N=C(\C(=O)NC1C(=O)N2C(C(=O)O)=C(/C=C/c3cc(OCCF)no3)CSC12)c1csc(N)n1. The summed E-state index contributed by atoms with van der Waals surface area (Å²) in [4.78, 5) is 47.6. The molecule has 0 aromatic carbocycles. The number of thiazole rings is 1. The Morgan fingerprint density at radius 1 is 1.47 bits per heavy atom. The van der Waals surface area contributed by atoms with Gasteiger partial charge in [-0.1, -0.05) is 11.2 Å². The Kier molecular flexibility index (Phi) is 7.54.